The highest BCUT2D eigenvalue weighted by atomic mass is 28.3. The zero-order valence-corrected chi connectivity index (χ0v) is 13.8. The molecular weight excluding hydrogens is 256 g/mol. The van der Waals surface area contributed by atoms with Crippen LogP contribution in [0.3, 0.4) is 0 Å². The second-order valence-corrected chi connectivity index (χ2v) is 11.1. The van der Waals surface area contributed by atoms with E-state index in [9.17, 15) is 0 Å². The van der Waals surface area contributed by atoms with Crippen LogP contribution < -0.4 is 5.19 Å². The largest absolute Gasteiger partial charge is 0.0975 e. The first-order valence-electron chi connectivity index (χ1n) is 8.22. The number of hydrogen-bond acceptors (Lipinski definition) is 0. The molecule has 0 bridgehead atoms. The van der Waals surface area contributed by atoms with Gasteiger partial charge in [-0.05, 0) is 17.9 Å². The molecule has 20 heavy (non-hydrogen) atoms. The van der Waals surface area contributed by atoms with Crippen molar-refractivity contribution in [1.29, 1.82) is 0 Å². The quantitative estimate of drug-likeness (QED) is 0.678. The Morgan fingerprint density at radius 1 is 1.15 bits per heavy atom. The molecule has 1 heteroatoms. The van der Waals surface area contributed by atoms with Crippen molar-refractivity contribution in [3.05, 3.63) is 54.1 Å². The molecule has 1 heterocycles. The van der Waals surface area contributed by atoms with Crippen LogP contribution >= 0.6 is 0 Å². The molecule has 2 aliphatic rings. The lowest BCUT2D eigenvalue weighted by atomic mass is 9.97. The van der Waals surface area contributed by atoms with E-state index in [0.717, 1.165) is 11.5 Å². The predicted molar refractivity (Wildman–Crippen MR) is 91.1 cm³/mol. The van der Waals surface area contributed by atoms with Gasteiger partial charge in [-0.2, -0.15) is 0 Å². The Morgan fingerprint density at radius 3 is 2.50 bits per heavy atom. The van der Waals surface area contributed by atoms with E-state index in [1.54, 1.807) is 10.8 Å². The van der Waals surface area contributed by atoms with Gasteiger partial charge in [-0.15, -0.1) is 0 Å². The maximum Gasteiger partial charge on any atom is 0.0975 e. The van der Waals surface area contributed by atoms with Gasteiger partial charge in [-0.25, -0.2) is 0 Å². The summed E-state index contributed by atoms with van der Waals surface area (Å²) in [5, 5.41) is 1.70. The Kier molecular flexibility index (Phi) is 3.98. The summed E-state index contributed by atoms with van der Waals surface area (Å²) >= 11 is 0. The van der Waals surface area contributed by atoms with E-state index in [1.807, 2.05) is 0 Å². The second-order valence-electron chi connectivity index (χ2n) is 6.57. The molecule has 0 N–H and O–H groups in total. The molecular formula is C19H26Si. The summed E-state index contributed by atoms with van der Waals surface area (Å²) in [6.07, 6.45) is 11.4. The fraction of sp³-hybridized carbons (Fsp3) is 0.474. The topological polar surface area (TPSA) is 0 Å². The Balaban J connectivity index is 2.00. The summed E-state index contributed by atoms with van der Waals surface area (Å²) in [6, 6.07) is 14.5. The third kappa shape index (κ3) is 2.22. The van der Waals surface area contributed by atoms with Crippen LogP contribution in [0.5, 0.6) is 0 Å². The first-order valence-corrected chi connectivity index (χ1v) is 10.7. The minimum absolute atomic E-state index is 0.740. The zero-order chi connectivity index (χ0) is 14.0. The lowest BCUT2D eigenvalue weighted by molar-refractivity contribution is 0.641. The molecule has 0 spiro atoms. The average Bonchev–Trinajstić information content (AvgIpc) is 3.16. The van der Waals surface area contributed by atoms with Crippen LogP contribution in [0.15, 0.2) is 54.1 Å². The third-order valence-corrected chi connectivity index (χ3v) is 11.3. The van der Waals surface area contributed by atoms with Gasteiger partial charge in [0.25, 0.3) is 0 Å². The summed E-state index contributed by atoms with van der Waals surface area (Å²) in [7, 11) is -1.37. The van der Waals surface area contributed by atoms with Crippen LogP contribution in [0, 0.1) is 5.92 Å². The van der Waals surface area contributed by atoms with E-state index in [4.69, 9.17) is 0 Å². The summed E-state index contributed by atoms with van der Waals surface area (Å²) in [4.78, 5) is 0. The van der Waals surface area contributed by atoms with Crippen molar-refractivity contribution in [1.82, 2.24) is 0 Å². The Bertz CT molecular complexity index is 506. The van der Waals surface area contributed by atoms with E-state index in [2.05, 4.69) is 62.4 Å². The molecule has 1 aromatic carbocycles. The number of allylic oxidation sites excluding steroid dienone is 4. The van der Waals surface area contributed by atoms with Crippen molar-refractivity contribution >= 4 is 13.3 Å². The molecule has 0 aromatic heterocycles. The molecule has 3 rings (SSSR count). The molecule has 106 valence electrons. The fourth-order valence-electron chi connectivity index (χ4n) is 4.26. The number of hydrogen-bond donors (Lipinski definition) is 0. The van der Waals surface area contributed by atoms with Crippen molar-refractivity contribution in [3.8, 4) is 0 Å². The summed E-state index contributed by atoms with van der Waals surface area (Å²) in [5.41, 5.74) is 2.49. The normalized spacial score (nSPS) is 25.7. The third-order valence-electron chi connectivity index (χ3n) is 5.57. The smallest absolute Gasteiger partial charge is 0.0797 e. The van der Waals surface area contributed by atoms with Crippen LogP contribution in [0.1, 0.15) is 33.1 Å². The summed E-state index contributed by atoms with van der Waals surface area (Å²) in [5.74, 6) is 0.740. The average molecular weight is 283 g/mol. The zero-order valence-electron chi connectivity index (χ0n) is 12.8. The molecule has 0 radical (unpaired) electrons. The minimum Gasteiger partial charge on any atom is -0.0797 e. The molecule has 2 unspecified atom stereocenters. The van der Waals surface area contributed by atoms with Gasteiger partial charge in [0, 0.05) is 0 Å². The minimum atomic E-state index is -1.37. The van der Waals surface area contributed by atoms with Gasteiger partial charge in [0.1, 0.15) is 0 Å². The molecule has 2 atom stereocenters. The lowest BCUT2D eigenvalue weighted by Crippen LogP contribution is -2.49. The molecule has 1 saturated heterocycles. The van der Waals surface area contributed by atoms with Gasteiger partial charge < -0.3 is 0 Å². The van der Waals surface area contributed by atoms with Gasteiger partial charge in [0.15, 0.2) is 0 Å². The van der Waals surface area contributed by atoms with Crippen molar-refractivity contribution in [2.45, 2.75) is 50.7 Å². The van der Waals surface area contributed by atoms with E-state index in [1.165, 1.54) is 31.4 Å². The van der Waals surface area contributed by atoms with Gasteiger partial charge in [0.2, 0.25) is 0 Å². The molecule has 0 nitrogen and oxygen atoms in total. The van der Waals surface area contributed by atoms with Crippen LogP contribution in [-0.2, 0) is 0 Å². The van der Waals surface area contributed by atoms with E-state index in [-0.39, 0.29) is 0 Å². The first-order chi connectivity index (χ1) is 9.78. The van der Waals surface area contributed by atoms with E-state index >= 15 is 0 Å². The van der Waals surface area contributed by atoms with Gasteiger partial charge >= 0.3 is 0 Å². The second kappa shape index (κ2) is 5.73. The van der Waals surface area contributed by atoms with Crippen LogP contribution in [-0.4, -0.2) is 8.07 Å². The SMILES string of the molecule is CCC(C)C1=CC=CC1[Si]1(c2ccccc2)CCCC1. The lowest BCUT2D eigenvalue weighted by Gasteiger charge is -2.36. The predicted octanol–water partition coefficient (Wildman–Crippen LogP) is 5.05. The summed E-state index contributed by atoms with van der Waals surface area (Å²) < 4.78 is 0. The highest BCUT2D eigenvalue weighted by Crippen LogP contribution is 2.47. The standard InChI is InChI=1S/C19H26Si/c1-3-16(2)18-12-9-13-19(18)20(14-7-8-15-20)17-10-5-4-6-11-17/h4-6,9-13,16,19H,3,7-8,14-15H2,1-2H3. The molecule has 0 saturated carbocycles. The monoisotopic (exact) mass is 282 g/mol. The maximum absolute atomic E-state index is 2.53. The van der Waals surface area contributed by atoms with Crippen LogP contribution in [0.25, 0.3) is 0 Å². The Hall–Kier alpha value is -1.08. The number of rotatable bonds is 4. The Morgan fingerprint density at radius 2 is 1.85 bits per heavy atom. The molecule has 1 aromatic rings. The molecule has 1 fully saturated rings. The van der Waals surface area contributed by atoms with Crippen molar-refractivity contribution in [2.75, 3.05) is 0 Å². The highest BCUT2D eigenvalue weighted by Gasteiger charge is 2.46. The van der Waals surface area contributed by atoms with Crippen LogP contribution in [0.4, 0.5) is 0 Å². The van der Waals surface area contributed by atoms with Gasteiger partial charge in [-0.3, -0.25) is 0 Å². The van der Waals surface area contributed by atoms with Crippen LogP contribution in [0.2, 0.25) is 17.6 Å². The molecule has 1 aliphatic heterocycles. The van der Waals surface area contributed by atoms with Crippen molar-refractivity contribution in [3.63, 3.8) is 0 Å². The van der Waals surface area contributed by atoms with Gasteiger partial charge in [0.05, 0.1) is 8.07 Å². The van der Waals surface area contributed by atoms with Crippen molar-refractivity contribution in [2.24, 2.45) is 5.92 Å². The first kappa shape index (κ1) is 13.9. The highest BCUT2D eigenvalue weighted by molar-refractivity contribution is 6.94. The molecule has 0 amide bonds. The van der Waals surface area contributed by atoms with E-state index in [0.29, 0.717) is 0 Å². The fourth-order valence-corrected chi connectivity index (χ4v) is 10.2. The van der Waals surface area contributed by atoms with E-state index < -0.39 is 8.07 Å². The van der Waals surface area contributed by atoms with Gasteiger partial charge in [-0.1, -0.05) is 98.1 Å². The molecule has 1 aliphatic carbocycles. The Labute approximate surface area is 124 Å². The maximum atomic E-state index is 2.53. The summed E-state index contributed by atoms with van der Waals surface area (Å²) in [6.45, 7) is 4.74. The van der Waals surface area contributed by atoms with Crippen molar-refractivity contribution < 1.29 is 0 Å². The number of benzene rings is 1.